The highest BCUT2D eigenvalue weighted by atomic mass is 32.1. The summed E-state index contributed by atoms with van der Waals surface area (Å²) in [7, 11) is 1.38. The molecule has 2 N–H and O–H groups in total. The summed E-state index contributed by atoms with van der Waals surface area (Å²) in [6.45, 7) is 5.12. The quantitative estimate of drug-likeness (QED) is 0.826. The molecule has 122 valence electrons. The number of carbonyl (C=O) groups excluding carboxylic acids is 2. The lowest BCUT2D eigenvalue weighted by Crippen LogP contribution is -3.11. The van der Waals surface area contributed by atoms with Gasteiger partial charge in [-0.25, -0.2) is 4.79 Å². The number of fused-ring (bicyclic) bond motifs is 1. The average molecular weight is 351 g/mol. The Kier molecular flexibility index (Phi) is 4.79. The Labute approximate surface area is 142 Å². The molecule has 3 rings (SSSR count). The number of thiophene rings is 2. The summed E-state index contributed by atoms with van der Waals surface area (Å²) in [5.74, 6) is -0.549. The van der Waals surface area contributed by atoms with Gasteiger partial charge >= 0.3 is 5.97 Å². The molecule has 2 aromatic heterocycles. The molecule has 0 aromatic carbocycles. The van der Waals surface area contributed by atoms with E-state index in [2.05, 4.69) is 12.2 Å². The van der Waals surface area contributed by atoms with Crippen LogP contribution in [-0.2, 0) is 17.7 Å². The van der Waals surface area contributed by atoms with Crippen molar-refractivity contribution in [3.05, 3.63) is 38.4 Å². The summed E-state index contributed by atoms with van der Waals surface area (Å²) in [6.07, 6.45) is 0.842. The average Bonchev–Trinajstić information content (AvgIpc) is 3.20. The monoisotopic (exact) mass is 351 g/mol. The number of hydrogen-bond donors (Lipinski definition) is 2. The normalized spacial score (nSPS) is 16.7. The maximum absolute atomic E-state index is 12.3. The second kappa shape index (κ2) is 6.82. The van der Waals surface area contributed by atoms with Gasteiger partial charge in [0.05, 0.1) is 35.5 Å². The van der Waals surface area contributed by atoms with Crippen molar-refractivity contribution in [1.29, 1.82) is 0 Å². The fourth-order valence-electron chi connectivity index (χ4n) is 2.82. The number of likely N-dealkylation sites (N-methyl/N-ethyl adjacent to an activating group) is 1. The summed E-state index contributed by atoms with van der Waals surface area (Å²) < 4.78 is 4.94. The first-order valence-corrected chi connectivity index (χ1v) is 9.25. The number of quaternary nitrogens is 1. The van der Waals surface area contributed by atoms with Crippen LogP contribution >= 0.6 is 22.7 Å². The molecule has 1 amide bonds. The molecule has 0 bridgehead atoms. The number of anilines is 1. The highest BCUT2D eigenvalue weighted by Crippen LogP contribution is 2.35. The molecule has 0 radical (unpaired) electrons. The molecule has 0 saturated carbocycles. The molecule has 0 fully saturated rings. The van der Waals surface area contributed by atoms with Crippen LogP contribution in [0.2, 0.25) is 0 Å². The molecule has 2 aromatic rings. The molecule has 0 aliphatic carbocycles. The number of carbonyl (C=O) groups is 2. The van der Waals surface area contributed by atoms with Crippen molar-refractivity contribution in [2.75, 3.05) is 25.5 Å². The van der Waals surface area contributed by atoms with Crippen LogP contribution in [0, 0.1) is 0 Å². The zero-order valence-electron chi connectivity index (χ0n) is 13.1. The summed E-state index contributed by atoms with van der Waals surface area (Å²) in [5, 5.41) is 5.37. The van der Waals surface area contributed by atoms with Gasteiger partial charge in [0, 0.05) is 6.42 Å². The van der Waals surface area contributed by atoms with E-state index in [1.165, 1.54) is 39.6 Å². The van der Waals surface area contributed by atoms with Gasteiger partial charge in [-0.3, -0.25) is 4.79 Å². The maximum Gasteiger partial charge on any atom is 0.341 e. The third-order valence-corrected chi connectivity index (χ3v) is 6.11. The van der Waals surface area contributed by atoms with Crippen molar-refractivity contribution in [2.24, 2.45) is 0 Å². The summed E-state index contributed by atoms with van der Waals surface area (Å²) in [4.78, 5) is 27.8. The maximum atomic E-state index is 12.3. The van der Waals surface area contributed by atoms with Crippen LogP contribution in [0.1, 0.15) is 37.4 Å². The Hall–Kier alpha value is -1.70. The van der Waals surface area contributed by atoms with Gasteiger partial charge in [0.1, 0.15) is 11.5 Å². The van der Waals surface area contributed by atoms with Crippen molar-refractivity contribution >= 4 is 39.6 Å². The van der Waals surface area contributed by atoms with E-state index >= 15 is 0 Å². The summed E-state index contributed by atoms with van der Waals surface area (Å²) in [6, 6.07) is 3.61. The van der Waals surface area contributed by atoms with E-state index in [0.29, 0.717) is 15.4 Å². The third kappa shape index (κ3) is 3.17. The first kappa shape index (κ1) is 16.2. The summed E-state index contributed by atoms with van der Waals surface area (Å²) in [5.41, 5.74) is 1.58. The van der Waals surface area contributed by atoms with Crippen molar-refractivity contribution in [3.63, 3.8) is 0 Å². The second-order valence-electron chi connectivity index (χ2n) is 5.41. The van der Waals surface area contributed by atoms with E-state index in [4.69, 9.17) is 4.74 Å². The molecule has 1 unspecified atom stereocenters. The molecule has 5 nitrogen and oxygen atoms in total. The fraction of sp³-hybridized carbons (Fsp3) is 0.375. The molecule has 1 atom stereocenters. The Morgan fingerprint density at radius 1 is 1.43 bits per heavy atom. The first-order valence-electron chi connectivity index (χ1n) is 7.55. The Bertz CT molecular complexity index is 722. The zero-order chi connectivity index (χ0) is 16.4. The fourth-order valence-corrected chi connectivity index (χ4v) is 4.74. The molecule has 23 heavy (non-hydrogen) atoms. The highest BCUT2D eigenvalue weighted by Gasteiger charge is 2.30. The van der Waals surface area contributed by atoms with Gasteiger partial charge in [0.15, 0.2) is 0 Å². The number of hydrogen-bond acceptors (Lipinski definition) is 5. The number of amides is 1. The van der Waals surface area contributed by atoms with Crippen molar-refractivity contribution in [1.82, 2.24) is 0 Å². The van der Waals surface area contributed by atoms with E-state index < -0.39 is 0 Å². The third-order valence-electron chi connectivity index (χ3n) is 4.09. The van der Waals surface area contributed by atoms with E-state index in [0.717, 1.165) is 31.6 Å². The van der Waals surface area contributed by atoms with Gasteiger partial charge in [-0.05, 0) is 23.9 Å². The Balaban J connectivity index is 1.94. The van der Waals surface area contributed by atoms with E-state index in [1.54, 1.807) is 6.07 Å². The largest absolute Gasteiger partial charge is 0.465 e. The van der Waals surface area contributed by atoms with Crippen LogP contribution in [-0.4, -0.2) is 32.1 Å². The van der Waals surface area contributed by atoms with E-state index in [9.17, 15) is 9.59 Å². The number of methoxy groups -OCH3 is 1. The van der Waals surface area contributed by atoms with Gasteiger partial charge in [0.2, 0.25) is 0 Å². The Morgan fingerprint density at radius 2 is 2.26 bits per heavy atom. The van der Waals surface area contributed by atoms with Crippen LogP contribution in [0.4, 0.5) is 5.00 Å². The standard InChI is InChI=1S/C16H18N2O3S2/c1-3-18-7-6-10-12(9-18)23-15(13(10)16(20)21-2)17-14(19)11-5-4-8-22-11/h4-5,8H,3,6-7,9H2,1-2H3,(H,17,19)/p+1. The second-order valence-corrected chi connectivity index (χ2v) is 7.46. The molecule has 1 aliphatic rings. The van der Waals surface area contributed by atoms with Crippen LogP contribution in [0.3, 0.4) is 0 Å². The lowest BCUT2D eigenvalue weighted by atomic mass is 10.0. The molecule has 3 heterocycles. The number of nitrogens with one attached hydrogen (secondary N) is 2. The lowest BCUT2D eigenvalue weighted by molar-refractivity contribution is -0.913. The van der Waals surface area contributed by atoms with Crippen LogP contribution < -0.4 is 10.2 Å². The van der Waals surface area contributed by atoms with Gasteiger partial charge in [-0.15, -0.1) is 22.7 Å². The minimum atomic E-state index is -0.371. The first-order chi connectivity index (χ1) is 11.1. The van der Waals surface area contributed by atoms with Crippen molar-refractivity contribution < 1.29 is 19.2 Å². The van der Waals surface area contributed by atoms with Gasteiger partial charge < -0.3 is 15.0 Å². The van der Waals surface area contributed by atoms with Crippen LogP contribution in [0.25, 0.3) is 0 Å². The number of ether oxygens (including phenoxy) is 1. The minimum absolute atomic E-state index is 0.177. The van der Waals surface area contributed by atoms with Crippen LogP contribution in [0.15, 0.2) is 17.5 Å². The molecule has 0 spiro atoms. The van der Waals surface area contributed by atoms with E-state index in [1.807, 2.05) is 11.4 Å². The highest BCUT2D eigenvalue weighted by molar-refractivity contribution is 7.17. The SMILES string of the molecule is CC[NH+]1CCc2c(sc(NC(=O)c3cccs3)c2C(=O)OC)C1. The minimum Gasteiger partial charge on any atom is -0.465 e. The van der Waals surface area contributed by atoms with E-state index in [-0.39, 0.29) is 11.9 Å². The van der Waals surface area contributed by atoms with Crippen molar-refractivity contribution in [3.8, 4) is 0 Å². The van der Waals surface area contributed by atoms with Crippen LogP contribution in [0.5, 0.6) is 0 Å². The zero-order valence-corrected chi connectivity index (χ0v) is 14.7. The number of rotatable bonds is 4. The molecule has 1 aliphatic heterocycles. The molecule has 7 heteroatoms. The van der Waals surface area contributed by atoms with Gasteiger partial charge in [0.25, 0.3) is 5.91 Å². The van der Waals surface area contributed by atoms with Gasteiger partial charge in [-0.2, -0.15) is 0 Å². The Morgan fingerprint density at radius 3 is 2.91 bits per heavy atom. The van der Waals surface area contributed by atoms with Crippen molar-refractivity contribution in [2.45, 2.75) is 19.9 Å². The smallest absolute Gasteiger partial charge is 0.341 e. The van der Waals surface area contributed by atoms with Gasteiger partial charge in [-0.1, -0.05) is 6.07 Å². The molecular weight excluding hydrogens is 332 g/mol. The lowest BCUT2D eigenvalue weighted by Gasteiger charge is -2.22. The molecule has 0 saturated heterocycles. The molecular formula is C16H19N2O3S2+. The topological polar surface area (TPSA) is 59.8 Å². The number of esters is 1. The summed E-state index contributed by atoms with van der Waals surface area (Å²) >= 11 is 2.88. The predicted octanol–water partition coefficient (Wildman–Crippen LogP) is 1.81. The predicted molar refractivity (Wildman–Crippen MR) is 91.7 cm³/mol.